The van der Waals surface area contributed by atoms with Crippen molar-refractivity contribution in [2.75, 3.05) is 19.8 Å². The number of carbonyl (C=O) groups is 1. The van der Waals surface area contributed by atoms with E-state index in [1.54, 1.807) is 10.5 Å². The van der Waals surface area contributed by atoms with Crippen molar-refractivity contribution in [1.82, 2.24) is 24.5 Å². The number of amides is 1. The number of rotatable bonds is 5. The van der Waals surface area contributed by atoms with Gasteiger partial charge in [-0.3, -0.25) is 14.0 Å². The molecule has 2 aromatic heterocycles. The third-order valence-corrected chi connectivity index (χ3v) is 5.94. The Hall–Kier alpha value is -3.52. The Bertz CT molecular complexity index is 1330. The molecule has 5 rings (SSSR count). The van der Waals surface area contributed by atoms with Crippen LogP contribution in [0.3, 0.4) is 0 Å². The van der Waals surface area contributed by atoms with Crippen LogP contribution >= 0.6 is 0 Å². The molecular formula is C24H25N5O3. The van der Waals surface area contributed by atoms with Crippen LogP contribution in [0.4, 0.5) is 0 Å². The smallest absolute Gasteiger partial charge is 0.294 e. The topological polar surface area (TPSA) is 92.6 Å². The first-order chi connectivity index (χ1) is 15.7. The number of aromatic amines is 1. The monoisotopic (exact) mass is 431 g/mol. The van der Waals surface area contributed by atoms with Gasteiger partial charge in [0.05, 0.1) is 30.3 Å². The van der Waals surface area contributed by atoms with Crippen LogP contribution in [0.25, 0.3) is 16.7 Å². The number of ether oxygens (including phenoxy) is 1. The molecule has 1 N–H and O–H groups in total. The fraction of sp³-hybridized carbons (Fsp3) is 0.333. The van der Waals surface area contributed by atoms with Crippen molar-refractivity contribution in [2.24, 2.45) is 0 Å². The summed E-state index contributed by atoms with van der Waals surface area (Å²) in [6.07, 6.45) is 2.35. The lowest BCUT2D eigenvalue weighted by molar-refractivity contribution is -0.00163. The third-order valence-electron chi connectivity index (χ3n) is 5.94. The predicted molar refractivity (Wildman–Crippen MR) is 121 cm³/mol. The highest BCUT2D eigenvalue weighted by Gasteiger charge is 2.28. The van der Waals surface area contributed by atoms with Crippen LogP contribution in [0, 0.1) is 0 Å². The lowest BCUT2D eigenvalue weighted by Gasteiger charge is -2.36. The number of benzene rings is 2. The van der Waals surface area contributed by atoms with E-state index in [4.69, 9.17) is 4.74 Å². The average Bonchev–Trinajstić information content (AvgIpc) is 3.24. The van der Waals surface area contributed by atoms with Crippen LogP contribution in [0.2, 0.25) is 0 Å². The average molecular weight is 431 g/mol. The minimum absolute atomic E-state index is 0.0371. The van der Waals surface area contributed by atoms with Gasteiger partial charge >= 0.3 is 0 Å². The number of fused-ring (bicyclic) bond motifs is 3. The molecular weight excluding hydrogens is 406 g/mol. The third kappa shape index (κ3) is 3.67. The standard InChI is InChI=1S/C24H25N5O3/c1-2-6-21-26-27-22-23(30)25-19-14-17(9-10-20(19)29(21)22)24(31)28-11-12-32-15-18(28)13-16-7-4-3-5-8-16/h3-5,7-10,14,18H,2,6,11-13,15H2,1H3,(H,25,30). The summed E-state index contributed by atoms with van der Waals surface area (Å²) in [7, 11) is 0. The molecule has 1 atom stereocenters. The minimum atomic E-state index is -0.315. The molecule has 8 heteroatoms. The van der Waals surface area contributed by atoms with Gasteiger partial charge < -0.3 is 14.6 Å². The first kappa shape index (κ1) is 20.4. The van der Waals surface area contributed by atoms with Crippen molar-refractivity contribution < 1.29 is 9.53 Å². The van der Waals surface area contributed by atoms with Crippen molar-refractivity contribution in [3.05, 3.63) is 75.8 Å². The van der Waals surface area contributed by atoms with Gasteiger partial charge in [-0.05, 0) is 36.6 Å². The lowest BCUT2D eigenvalue weighted by Crippen LogP contribution is -2.49. The van der Waals surface area contributed by atoms with E-state index in [2.05, 4.69) is 34.2 Å². The van der Waals surface area contributed by atoms with Gasteiger partial charge in [0, 0.05) is 18.5 Å². The molecule has 0 spiro atoms. The summed E-state index contributed by atoms with van der Waals surface area (Å²) in [5, 5.41) is 8.23. The summed E-state index contributed by atoms with van der Waals surface area (Å²) in [5.41, 5.74) is 3.05. The molecule has 1 fully saturated rings. The fourth-order valence-electron chi connectivity index (χ4n) is 4.39. The maximum atomic E-state index is 13.5. The normalized spacial score (nSPS) is 16.7. The molecule has 164 valence electrons. The van der Waals surface area contributed by atoms with E-state index in [0.29, 0.717) is 30.8 Å². The summed E-state index contributed by atoms with van der Waals surface area (Å²) in [4.78, 5) is 30.8. The van der Waals surface area contributed by atoms with Crippen molar-refractivity contribution >= 4 is 22.6 Å². The Morgan fingerprint density at radius 3 is 2.84 bits per heavy atom. The van der Waals surface area contributed by atoms with E-state index in [-0.39, 0.29) is 23.2 Å². The highest BCUT2D eigenvalue weighted by Crippen LogP contribution is 2.20. The Morgan fingerprint density at radius 2 is 2.03 bits per heavy atom. The number of nitrogens with one attached hydrogen (secondary N) is 1. The molecule has 3 heterocycles. The molecule has 1 aliphatic heterocycles. The van der Waals surface area contributed by atoms with Crippen LogP contribution in [0.1, 0.15) is 35.1 Å². The summed E-state index contributed by atoms with van der Waals surface area (Å²) < 4.78 is 7.46. The number of aromatic nitrogens is 4. The number of hydrogen-bond donors (Lipinski definition) is 1. The van der Waals surface area contributed by atoms with E-state index in [0.717, 1.165) is 30.6 Å². The maximum absolute atomic E-state index is 13.5. The summed E-state index contributed by atoms with van der Waals surface area (Å²) in [6, 6.07) is 15.5. The quantitative estimate of drug-likeness (QED) is 0.524. The SMILES string of the molecule is CCCc1nnc2c(=O)[nH]c3cc(C(=O)N4CCOCC4Cc4ccccc4)ccc3n12. The fourth-order valence-corrected chi connectivity index (χ4v) is 4.39. The second kappa shape index (κ2) is 8.55. The Labute approximate surface area is 184 Å². The predicted octanol–water partition coefficient (Wildman–Crippen LogP) is 2.61. The number of nitrogens with zero attached hydrogens (tertiary/aromatic N) is 4. The zero-order valence-electron chi connectivity index (χ0n) is 18.0. The largest absolute Gasteiger partial charge is 0.377 e. The van der Waals surface area contributed by atoms with Gasteiger partial charge in [0.1, 0.15) is 5.82 Å². The first-order valence-corrected chi connectivity index (χ1v) is 11.0. The number of morpholine rings is 1. The number of hydrogen-bond acceptors (Lipinski definition) is 5. The molecule has 1 unspecified atom stereocenters. The van der Waals surface area contributed by atoms with E-state index < -0.39 is 0 Å². The van der Waals surface area contributed by atoms with Crippen molar-refractivity contribution in [1.29, 1.82) is 0 Å². The molecule has 32 heavy (non-hydrogen) atoms. The van der Waals surface area contributed by atoms with E-state index in [9.17, 15) is 9.59 Å². The van der Waals surface area contributed by atoms with Gasteiger partial charge in [-0.25, -0.2) is 0 Å². The number of H-pyrrole nitrogens is 1. The van der Waals surface area contributed by atoms with Gasteiger partial charge in [0.25, 0.3) is 11.5 Å². The van der Waals surface area contributed by atoms with Gasteiger partial charge in [-0.15, -0.1) is 10.2 Å². The molecule has 1 aliphatic rings. The number of aryl methyl sites for hydroxylation is 1. The first-order valence-electron chi connectivity index (χ1n) is 11.0. The summed E-state index contributed by atoms with van der Waals surface area (Å²) in [6.45, 7) is 3.62. The molecule has 8 nitrogen and oxygen atoms in total. The Balaban J connectivity index is 1.50. The molecule has 0 radical (unpaired) electrons. The van der Waals surface area contributed by atoms with E-state index in [1.165, 1.54) is 5.56 Å². The summed E-state index contributed by atoms with van der Waals surface area (Å²) >= 11 is 0. The lowest BCUT2D eigenvalue weighted by atomic mass is 10.0. The second-order valence-corrected chi connectivity index (χ2v) is 8.13. The molecule has 4 aromatic rings. The van der Waals surface area contributed by atoms with E-state index >= 15 is 0 Å². The van der Waals surface area contributed by atoms with Crippen LogP contribution in [-0.4, -0.2) is 56.2 Å². The maximum Gasteiger partial charge on any atom is 0.294 e. The van der Waals surface area contributed by atoms with Crippen molar-refractivity contribution in [2.45, 2.75) is 32.2 Å². The summed E-state index contributed by atoms with van der Waals surface area (Å²) in [5.74, 6) is 0.684. The molecule has 1 amide bonds. The van der Waals surface area contributed by atoms with Gasteiger partial charge in [0.15, 0.2) is 0 Å². The van der Waals surface area contributed by atoms with Gasteiger partial charge in [-0.2, -0.15) is 0 Å². The second-order valence-electron chi connectivity index (χ2n) is 8.13. The van der Waals surface area contributed by atoms with Crippen molar-refractivity contribution in [3.8, 4) is 0 Å². The van der Waals surface area contributed by atoms with Gasteiger partial charge in [0.2, 0.25) is 5.65 Å². The Kier molecular flexibility index (Phi) is 5.45. The van der Waals surface area contributed by atoms with E-state index in [1.807, 2.05) is 35.2 Å². The highest BCUT2D eigenvalue weighted by atomic mass is 16.5. The van der Waals surface area contributed by atoms with Crippen molar-refractivity contribution in [3.63, 3.8) is 0 Å². The minimum Gasteiger partial charge on any atom is -0.377 e. The van der Waals surface area contributed by atoms with Gasteiger partial charge in [-0.1, -0.05) is 37.3 Å². The number of carbonyl (C=O) groups excluding carboxylic acids is 1. The van der Waals surface area contributed by atoms with Crippen LogP contribution in [0.15, 0.2) is 53.3 Å². The van der Waals surface area contributed by atoms with Crippen LogP contribution in [-0.2, 0) is 17.6 Å². The zero-order chi connectivity index (χ0) is 22.1. The molecule has 0 aliphatic carbocycles. The highest BCUT2D eigenvalue weighted by molar-refractivity contribution is 5.97. The van der Waals surface area contributed by atoms with Crippen LogP contribution in [0.5, 0.6) is 0 Å². The zero-order valence-corrected chi connectivity index (χ0v) is 18.0. The molecule has 0 saturated carbocycles. The molecule has 0 bridgehead atoms. The Morgan fingerprint density at radius 1 is 1.19 bits per heavy atom. The van der Waals surface area contributed by atoms with Crippen LogP contribution < -0.4 is 5.56 Å². The molecule has 2 aromatic carbocycles. The molecule has 1 saturated heterocycles.